The highest BCUT2D eigenvalue weighted by Gasteiger charge is 2.16. The van der Waals surface area contributed by atoms with Crippen LogP contribution in [-0.2, 0) is 13.1 Å². The van der Waals surface area contributed by atoms with Crippen LogP contribution in [0.4, 0.5) is 5.82 Å². The number of nitrogens with two attached hydrogens (primary N) is 1. The maximum atomic E-state index is 9.28. The van der Waals surface area contributed by atoms with Gasteiger partial charge in [-0.05, 0) is 43.5 Å². The van der Waals surface area contributed by atoms with E-state index in [0.717, 1.165) is 24.9 Å². The van der Waals surface area contributed by atoms with E-state index in [1.807, 2.05) is 4.68 Å². The lowest BCUT2D eigenvalue weighted by atomic mass is 10.1. The number of hydrogen-bond donors (Lipinski definition) is 2. The van der Waals surface area contributed by atoms with E-state index < -0.39 is 0 Å². The Balaban J connectivity index is 1.50. The number of hydrogen-bond acceptors (Lipinski definition) is 7. The van der Waals surface area contributed by atoms with Gasteiger partial charge in [0.05, 0.1) is 18.1 Å². The van der Waals surface area contributed by atoms with Gasteiger partial charge in [0.1, 0.15) is 11.9 Å². The third-order valence-electron chi connectivity index (χ3n) is 5.80. The van der Waals surface area contributed by atoms with Crippen LogP contribution in [0, 0.1) is 0 Å². The third kappa shape index (κ3) is 5.32. The minimum atomic E-state index is -0.133. The molecule has 1 aliphatic heterocycles. The maximum absolute atomic E-state index is 9.28. The summed E-state index contributed by atoms with van der Waals surface area (Å²) in [4.78, 5) is 11.4. The molecular formula is C23H32N6O2. The fraction of sp³-hybridized carbons (Fsp3) is 0.522. The van der Waals surface area contributed by atoms with Crippen LogP contribution in [-0.4, -0.2) is 55.6 Å². The molecule has 0 aliphatic carbocycles. The molecule has 1 fully saturated rings. The zero-order valence-corrected chi connectivity index (χ0v) is 18.2. The van der Waals surface area contributed by atoms with Gasteiger partial charge in [-0.15, -0.1) is 0 Å². The van der Waals surface area contributed by atoms with E-state index in [-0.39, 0.29) is 18.7 Å². The van der Waals surface area contributed by atoms with Crippen molar-refractivity contribution in [3.05, 3.63) is 41.6 Å². The summed E-state index contributed by atoms with van der Waals surface area (Å²) in [6.07, 6.45) is 6.50. The average Bonchev–Trinajstić information content (AvgIpc) is 3.40. The van der Waals surface area contributed by atoms with Gasteiger partial charge in [-0.3, -0.25) is 4.90 Å². The molecule has 31 heavy (non-hydrogen) atoms. The molecule has 0 bridgehead atoms. The first-order chi connectivity index (χ1) is 15.2. The van der Waals surface area contributed by atoms with Gasteiger partial charge in [0, 0.05) is 19.6 Å². The van der Waals surface area contributed by atoms with E-state index in [4.69, 9.17) is 10.5 Å². The van der Waals surface area contributed by atoms with Crippen LogP contribution >= 0.6 is 0 Å². The summed E-state index contributed by atoms with van der Waals surface area (Å²) in [5.74, 6) is 0.353. The number of aromatic nitrogens is 4. The van der Waals surface area contributed by atoms with Crippen molar-refractivity contribution in [2.24, 2.45) is 0 Å². The van der Waals surface area contributed by atoms with Gasteiger partial charge < -0.3 is 15.6 Å². The Morgan fingerprint density at radius 2 is 1.77 bits per heavy atom. The summed E-state index contributed by atoms with van der Waals surface area (Å²) in [5.41, 5.74) is 9.29. The molecule has 0 amide bonds. The van der Waals surface area contributed by atoms with Crippen LogP contribution in [0.3, 0.4) is 0 Å². The van der Waals surface area contributed by atoms with Crippen LogP contribution in [0.1, 0.15) is 50.2 Å². The van der Waals surface area contributed by atoms with Gasteiger partial charge in [-0.1, -0.05) is 37.6 Å². The van der Waals surface area contributed by atoms with Crippen molar-refractivity contribution in [3.63, 3.8) is 0 Å². The Morgan fingerprint density at radius 3 is 2.45 bits per heavy atom. The van der Waals surface area contributed by atoms with Gasteiger partial charge >= 0.3 is 6.01 Å². The van der Waals surface area contributed by atoms with Crippen molar-refractivity contribution in [2.75, 3.05) is 25.4 Å². The number of anilines is 1. The molecule has 0 spiro atoms. The van der Waals surface area contributed by atoms with E-state index in [1.165, 1.54) is 31.5 Å². The SMILES string of the molecule is CCCC(CCO)Oc1nc(N)c2cnn(Cc3ccc(CN4CCCC4)cc3)c2n1. The number of likely N-dealkylation sites (tertiary alicyclic amines) is 1. The third-order valence-corrected chi connectivity index (χ3v) is 5.80. The summed E-state index contributed by atoms with van der Waals surface area (Å²) in [6, 6.07) is 8.93. The Bertz CT molecular complexity index is 976. The maximum Gasteiger partial charge on any atom is 0.320 e. The number of nitrogen functional groups attached to an aromatic ring is 1. The normalized spacial score (nSPS) is 15.5. The molecule has 3 heterocycles. The molecule has 166 valence electrons. The zero-order valence-electron chi connectivity index (χ0n) is 18.2. The first-order valence-electron chi connectivity index (χ1n) is 11.2. The van der Waals surface area contributed by atoms with E-state index in [0.29, 0.717) is 29.8 Å². The van der Waals surface area contributed by atoms with Crippen molar-refractivity contribution in [1.29, 1.82) is 0 Å². The summed E-state index contributed by atoms with van der Waals surface area (Å²) >= 11 is 0. The molecule has 4 rings (SSSR count). The Kier molecular flexibility index (Phi) is 6.99. The van der Waals surface area contributed by atoms with Crippen LogP contribution in [0.5, 0.6) is 6.01 Å². The van der Waals surface area contributed by atoms with Crippen LogP contribution < -0.4 is 10.5 Å². The Labute approximate surface area is 183 Å². The van der Waals surface area contributed by atoms with E-state index in [1.54, 1.807) is 6.20 Å². The van der Waals surface area contributed by atoms with Crippen LogP contribution in [0.15, 0.2) is 30.5 Å². The number of fused-ring (bicyclic) bond motifs is 1. The molecule has 8 heteroatoms. The molecular weight excluding hydrogens is 392 g/mol. The highest BCUT2D eigenvalue weighted by atomic mass is 16.5. The lowest BCUT2D eigenvalue weighted by Crippen LogP contribution is -2.19. The molecule has 1 unspecified atom stereocenters. The molecule has 3 N–H and O–H groups in total. The van der Waals surface area contributed by atoms with Crippen molar-refractivity contribution in [1.82, 2.24) is 24.6 Å². The highest BCUT2D eigenvalue weighted by molar-refractivity contribution is 5.85. The fourth-order valence-electron chi connectivity index (χ4n) is 4.12. The van der Waals surface area contributed by atoms with Crippen molar-refractivity contribution < 1.29 is 9.84 Å². The lowest BCUT2D eigenvalue weighted by Gasteiger charge is -2.16. The summed E-state index contributed by atoms with van der Waals surface area (Å²) in [5, 5.41) is 14.5. The Hall–Kier alpha value is -2.71. The molecule has 8 nitrogen and oxygen atoms in total. The number of ether oxygens (including phenoxy) is 1. The number of aliphatic hydroxyl groups is 1. The Morgan fingerprint density at radius 1 is 1.06 bits per heavy atom. The second-order valence-electron chi connectivity index (χ2n) is 8.27. The minimum Gasteiger partial charge on any atom is -0.460 e. The fourth-order valence-corrected chi connectivity index (χ4v) is 4.12. The van der Waals surface area contributed by atoms with Crippen LogP contribution in [0.25, 0.3) is 11.0 Å². The van der Waals surface area contributed by atoms with Gasteiger partial charge in [0.15, 0.2) is 5.65 Å². The average molecular weight is 425 g/mol. The predicted octanol–water partition coefficient (Wildman–Crippen LogP) is 2.98. The zero-order chi connectivity index (χ0) is 21.6. The molecule has 1 atom stereocenters. The molecule has 3 aromatic rings. The summed E-state index contributed by atoms with van der Waals surface area (Å²) in [7, 11) is 0. The van der Waals surface area contributed by atoms with E-state index in [9.17, 15) is 5.11 Å². The van der Waals surface area contributed by atoms with E-state index >= 15 is 0 Å². The number of aliphatic hydroxyl groups excluding tert-OH is 1. The second kappa shape index (κ2) is 10.1. The number of nitrogens with zero attached hydrogens (tertiary/aromatic N) is 5. The predicted molar refractivity (Wildman–Crippen MR) is 121 cm³/mol. The summed E-state index contributed by atoms with van der Waals surface area (Å²) < 4.78 is 7.76. The molecule has 1 aromatic carbocycles. The topological polar surface area (TPSA) is 102 Å². The standard InChI is InChI=1S/C23H32N6O2/c1-2-5-19(10-13-30)31-23-26-21(24)20-14-25-29(22(20)27-23)16-18-8-6-17(7-9-18)15-28-11-3-4-12-28/h6-9,14,19,30H,2-5,10-13,15-16H2,1H3,(H2,24,26,27). The van der Waals surface area contributed by atoms with Gasteiger partial charge in [0.25, 0.3) is 0 Å². The quantitative estimate of drug-likeness (QED) is 0.516. The first-order valence-corrected chi connectivity index (χ1v) is 11.2. The highest BCUT2D eigenvalue weighted by Crippen LogP contribution is 2.23. The van der Waals surface area contributed by atoms with Crippen LogP contribution in [0.2, 0.25) is 0 Å². The van der Waals surface area contributed by atoms with Crippen molar-refractivity contribution >= 4 is 16.9 Å². The first kappa shape index (κ1) is 21.5. The van der Waals surface area contributed by atoms with E-state index in [2.05, 4.69) is 51.2 Å². The monoisotopic (exact) mass is 424 g/mol. The molecule has 0 saturated carbocycles. The number of rotatable bonds is 10. The smallest absolute Gasteiger partial charge is 0.320 e. The molecule has 0 radical (unpaired) electrons. The lowest BCUT2D eigenvalue weighted by molar-refractivity contribution is 0.135. The second-order valence-corrected chi connectivity index (χ2v) is 8.27. The van der Waals surface area contributed by atoms with Crippen molar-refractivity contribution in [2.45, 2.75) is 58.2 Å². The van der Waals surface area contributed by atoms with Crippen molar-refractivity contribution in [3.8, 4) is 6.01 Å². The summed E-state index contributed by atoms with van der Waals surface area (Å²) in [6.45, 7) is 6.15. The number of benzene rings is 1. The molecule has 1 saturated heterocycles. The largest absolute Gasteiger partial charge is 0.460 e. The van der Waals surface area contributed by atoms with Gasteiger partial charge in [-0.2, -0.15) is 15.1 Å². The molecule has 1 aliphatic rings. The van der Waals surface area contributed by atoms with Gasteiger partial charge in [0.2, 0.25) is 0 Å². The minimum absolute atomic E-state index is 0.0636. The van der Waals surface area contributed by atoms with Gasteiger partial charge in [-0.25, -0.2) is 4.68 Å². The molecule has 2 aromatic heterocycles.